The molecule has 90 valence electrons. The van der Waals surface area contributed by atoms with Crippen molar-refractivity contribution in [2.75, 3.05) is 5.73 Å². The first-order valence-electron chi connectivity index (χ1n) is 5.59. The molecule has 4 heteroatoms. The maximum Gasteiger partial charge on any atom is 0.263 e. The van der Waals surface area contributed by atoms with Gasteiger partial charge in [-0.25, -0.2) is 0 Å². The lowest BCUT2D eigenvalue weighted by Gasteiger charge is -2.06. The molecule has 3 nitrogen and oxygen atoms in total. The molecule has 0 spiro atoms. The highest BCUT2D eigenvalue weighted by atomic mass is 32.1. The highest BCUT2D eigenvalue weighted by Gasteiger charge is 2.17. The van der Waals surface area contributed by atoms with E-state index in [2.05, 4.69) is 5.32 Å². The molecule has 3 N–H and O–H groups in total. The number of anilines is 1. The highest BCUT2D eigenvalue weighted by Crippen LogP contribution is 2.35. The summed E-state index contributed by atoms with van der Waals surface area (Å²) in [5.74, 6) is -0.0851. The fourth-order valence-corrected chi connectivity index (χ4v) is 2.87. The summed E-state index contributed by atoms with van der Waals surface area (Å²) in [6, 6.07) is 6.07. The molecule has 0 radical (unpaired) electrons. The molecule has 2 rings (SSSR count). The van der Waals surface area contributed by atoms with E-state index < -0.39 is 0 Å². The maximum atomic E-state index is 12.0. The number of thiophene rings is 1. The molecule has 17 heavy (non-hydrogen) atoms. The number of rotatable bonds is 2. The van der Waals surface area contributed by atoms with Crippen molar-refractivity contribution in [2.24, 2.45) is 0 Å². The van der Waals surface area contributed by atoms with Crippen LogP contribution in [0.5, 0.6) is 0 Å². The number of carbonyl (C=O) groups is 1. The quantitative estimate of drug-likeness (QED) is 0.858. The summed E-state index contributed by atoms with van der Waals surface area (Å²) in [7, 11) is 0. The predicted molar refractivity (Wildman–Crippen MR) is 73.6 cm³/mol. The third-order valence-corrected chi connectivity index (χ3v) is 3.93. The fourth-order valence-electron chi connectivity index (χ4n) is 1.78. The van der Waals surface area contributed by atoms with Crippen LogP contribution in [0.4, 0.5) is 5.69 Å². The molecular weight excluding hydrogens is 232 g/mol. The third kappa shape index (κ3) is 2.13. The Bertz CT molecular complexity index is 572. The topological polar surface area (TPSA) is 55.1 Å². The summed E-state index contributed by atoms with van der Waals surface area (Å²) >= 11 is 1.46. The molecule has 0 unspecified atom stereocenters. The van der Waals surface area contributed by atoms with Crippen molar-refractivity contribution < 1.29 is 4.79 Å². The number of amides is 1. The molecule has 1 heterocycles. The van der Waals surface area contributed by atoms with Crippen LogP contribution in [0.15, 0.2) is 18.2 Å². The van der Waals surface area contributed by atoms with E-state index in [-0.39, 0.29) is 11.9 Å². The van der Waals surface area contributed by atoms with Crippen LogP contribution in [0.1, 0.15) is 29.1 Å². The minimum atomic E-state index is -0.0851. The second-order valence-electron chi connectivity index (χ2n) is 4.42. The lowest BCUT2D eigenvalue weighted by molar-refractivity contribution is 0.0948. The van der Waals surface area contributed by atoms with Crippen molar-refractivity contribution in [2.45, 2.75) is 26.8 Å². The van der Waals surface area contributed by atoms with Gasteiger partial charge in [-0.2, -0.15) is 0 Å². The average molecular weight is 248 g/mol. The van der Waals surface area contributed by atoms with Gasteiger partial charge in [0.2, 0.25) is 0 Å². The van der Waals surface area contributed by atoms with E-state index in [0.29, 0.717) is 10.6 Å². The van der Waals surface area contributed by atoms with Crippen LogP contribution in [0, 0.1) is 6.92 Å². The zero-order valence-electron chi connectivity index (χ0n) is 10.2. The Kier molecular flexibility index (Phi) is 3.07. The van der Waals surface area contributed by atoms with Gasteiger partial charge in [-0.3, -0.25) is 4.79 Å². The lowest BCUT2D eigenvalue weighted by atomic mass is 10.1. The van der Waals surface area contributed by atoms with Crippen molar-refractivity contribution in [3.8, 4) is 0 Å². The second-order valence-corrected chi connectivity index (χ2v) is 5.45. The fraction of sp³-hybridized carbons (Fsp3) is 0.308. The number of nitrogen functional groups attached to an aromatic ring is 1. The van der Waals surface area contributed by atoms with Gasteiger partial charge in [-0.1, -0.05) is 18.2 Å². The summed E-state index contributed by atoms with van der Waals surface area (Å²) in [6.45, 7) is 5.90. The minimum absolute atomic E-state index is 0.0851. The minimum Gasteiger partial charge on any atom is -0.397 e. The number of carbonyl (C=O) groups excluding carboxylic acids is 1. The van der Waals surface area contributed by atoms with E-state index >= 15 is 0 Å². The van der Waals surface area contributed by atoms with Gasteiger partial charge in [0.1, 0.15) is 4.88 Å². The molecule has 0 saturated carbocycles. The summed E-state index contributed by atoms with van der Waals surface area (Å²) in [5.41, 5.74) is 7.78. The standard InChI is InChI=1S/C13H16N2OS/c1-7(2)15-13(16)12-10(14)9-6-4-5-8(3)11(9)17-12/h4-7H,14H2,1-3H3,(H,15,16). The van der Waals surface area contributed by atoms with Gasteiger partial charge in [0, 0.05) is 16.1 Å². The molecule has 0 aliphatic heterocycles. The maximum absolute atomic E-state index is 12.0. The SMILES string of the molecule is Cc1cccc2c(N)c(C(=O)NC(C)C)sc12. The monoisotopic (exact) mass is 248 g/mol. The Balaban J connectivity index is 2.52. The van der Waals surface area contributed by atoms with Crippen LogP contribution >= 0.6 is 11.3 Å². The van der Waals surface area contributed by atoms with Gasteiger partial charge in [-0.15, -0.1) is 11.3 Å². The second kappa shape index (κ2) is 4.37. The molecule has 0 fully saturated rings. The average Bonchev–Trinajstić information content (AvgIpc) is 2.57. The van der Waals surface area contributed by atoms with Gasteiger partial charge in [0.25, 0.3) is 5.91 Å². The van der Waals surface area contributed by atoms with E-state index in [4.69, 9.17) is 5.73 Å². The van der Waals surface area contributed by atoms with Crippen LogP contribution in [-0.2, 0) is 0 Å². The molecule has 0 bridgehead atoms. The number of benzene rings is 1. The first-order chi connectivity index (χ1) is 8.00. The van der Waals surface area contributed by atoms with Crippen LogP contribution < -0.4 is 11.1 Å². The number of fused-ring (bicyclic) bond motifs is 1. The summed E-state index contributed by atoms with van der Waals surface area (Å²) in [5, 5.41) is 3.85. The largest absolute Gasteiger partial charge is 0.397 e. The van der Waals surface area contributed by atoms with Crippen molar-refractivity contribution in [1.29, 1.82) is 0 Å². The Labute approximate surface area is 105 Å². The van der Waals surface area contributed by atoms with Gasteiger partial charge in [-0.05, 0) is 26.3 Å². The van der Waals surface area contributed by atoms with Gasteiger partial charge < -0.3 is 11.1 Å². The van der Waals surface area contributed by atoms with Crippen molar-refractivity contribution in [1.82, 2.24) is 5.32 Å². The number of nitrogens with one attached hydrogen (secondary N) is 1. The van der Waals surface area contributed by atoms with Gasteiger partial charge in [0.15, 0.2) is 0 Å². The van der Waals surface area contributed by atoms with E-state index in [1.54, 1.807) is 0 Å². The Morgan fingerprint density at radius 3 is 2.71 bits per heavy atom. The van der Waals surface area contributed by atoms with E-state index in [1.165, 1.54) is 11.3 Å². The third-order valence-electron chi connectivity index (χ3n) is 2.58. The Morgan fingerprint density at radius 2 is 2.12 bits per heavy atom. The van der Waals surface area contributed by atoms with Crippen LogP contribution in [0.2, 0.25) is 0 Å². The van der Waals surface area contributed by atoms with Crippen molar-refractivity contribution in [3.05, 3.63) is 28.6 Å². The van der Waals surface area contributed by atoms with E-state index in [9.17, 15) is 4.79 Å². The number of aryl methyl sites for hydroxylation is 1. The molecule has 0 saturated heterocycles. The van der Waals surface area contributed by atoms with E-state index in [0.717, 1.165) is 15.6 Å². The smallest absolute Gasteiger partial charge is 0.263 e. The summed E-state index contributed by atoms with van der Waals surface area (Å²) < 4.78 is 1.10. The van der Waals surface area contributed by atoms with Gasteiger partial charge in [0.05, 0.1) is 5.69 Å². The number of hydrogen-bond donors (Lipinski definition) is 2. The molecule has 0 aliphatic carbocycles. The van der Waals surface area contributed by atoms with Gasteiger partial charge >= 0.3 is 0 Å². The molecular formula is C13H16N2OS. The highest BCUT2D eigenvalue weighted by molar-refractivity contribution is 7.21. The summed E-state index contributed by atoms with van der Waals surface area (Å²) in [6.07, 6.45) is 0. The zero-order valence-corrected chi connectivity index (χ0v) is 11.0. The normalized spacial score (nSPS) is 11.1. The number of nitrogens with two attached hydrogens (primary N) is 1. The first kappa shape index (κ1) is 11.9. The summed E-state index contributed by atoms with van der Waals surface area (Å²) in [4.78, 5) is 12.6. The van der Waals surface area contributed by atoms with Crippen LogP contribution in [-0.4, -0.2) is 11.9 Å². The molecule has 1 aromatic heterocycles. The van der Waals surface area contributed by atoms with Crippen LogP contribution in [0.3, 0.4) is 0 Å². The first-order valence-corrected chi connectivity index (χ1v) is 6.40. The van der Waals surface area contributed by atoms with E-state index in [1.807, 2.05) is 39.0 Å². The Morgan fingerprint density at radius 1 is 1.41 bits per heavy atom. The van der Waals surface area contributed by atoms with Crippen LogP contribution in [0.25, 0.3) is 10.1 Å². The lowest BCUT2D eigenvalue weighted by Crippen LogP contribution is -2.29. The molecule has 1 aromatic carbocycles. The molecule has 0 atom stereocenters. The van der Waals surface area contributed by atoms with Crippen molar-refractivity contribution >= 4 is 33.0 Å². The Hall–Kier alpha value is -1.55. The zero-order chi connectivity index (χ0) is 12.6. The number of hydrogen-bond acceptors (Lipinski definition) is 3. The molecule has 2 aromatic rings. The molecule has 1 amide bonds. The molecule has 0 aliphatic rings. The predicted octanol–water partition coefficient (Wildman–Crippen LogP) is 2.93. The van der Waals surface area contributed by atoms with Crippen molar-refractivity contribution in [3.63, 3.8) is 0 Å².